The molecular formula is C10H21O3P. The van der Waals surface area contributed by atoms with Gasteiger partial charge in [0.05, 0.1) is 6.61 Å². The van der Waals surface area contributed by atoms with Gasteiger partial charge in [0.25, 0.3) is 0 Å². The van der Waals surface area contributed by atoms with Crippen molar-refractivity contribution < 1.29 is 14.3 Å². The van der Waals surface area contributed by atoms with Gasteiger partial charge in [0.2, 0.25) is 0 Å². The number of rotatable bonds is 4. The molecule has 0 rings (SSSR count). The van der Waals surface area contributed by atoms with Crippen LogP contribution in [-0.2, 0) is 14.3 Å². The zero-order valence-corrected chi connectivity index (χ0v) is 10.7. The Morgan fingerprint density at radius 2 is 1.71 bits per heavy atom. The van der Waals surface area contributed by atoms with Crippen LogP contribution in [0, 0.1) is 5.92 Å². The summed E-state index contributed by atoms with van der Waals surface area (Å²) in [6.07, 6.45) is 0.522. The minimum absolute atomic E-state index is 0.119. The summed E-state index contributed by atoms with van der Waals surface area (Å²) in [5, 5.41) is 0. The monoisotopic (exact) mass is 220 g/mol. The summed E-state index contributed by atoms with van der Waals surface area (Å²) in [6.45, 7) is 9.57. The second kappa shape index (κ2) is 10.6. The van der Waals surface area contributed by atoms with Crippen LogP contribution in [0.4, 0.5) is 0 Å². The van der Waals surface area contributed by atoms with Crippen LogP contribution in [0.1, 0.15) is 27.2 Å². The first kappa shape index (κ1) is 16.0. The molecule has 0 aromatic rings. The van der Waals surface area contributed by atoms with Gasteiger partial charge in [-0.1, -0.05) is 6.92 Å². The fraction of sp³-hybridized carbons (Fsp3) is 0.800. The molecule has 0 aromatic heterocycles. The Labute approximate surface area is 88.4 Å². The van der Waals surface area contributed by atoms with Crippen LogP contribution in [-0.4, -0.2) is 31.7 Å². The number of ether oxygens (including phenoxy) is 1. The van der Waals surface area contributed by atoms with E-state index in [0.29, 0.717) is 13.0 Å². The molecule has 0 heterocycles. The SMILES string of the molecule is CCOC(=O)C(CC)C(C)=O.CPC. The number of hydrogen-bond acceptors (Lipinski definition) is 3. The van der Waals surface area contributed by atoms with Crippen LogP contribution in [0.5, 0.6) is 0 Å². The van der Waals surface area contributed by atoms with Crippen LogP contribution in [0.25, 0.3) is 0 Å². The zero-order chi connectivity index (χ0) is 11.6. The van der Waals surface area contributed by atoms with Crippen LogP contribution >= 0.6 is 8.58 Å². The number of esters is 1. The van der Waals surface area contributed by atoms with Crippen molar-refractivity contribution in [2.75, 3.05) is 19.9 Å². The Morgan fingerprint density at radius 3 is 1.93 bits per heavy atom. The number of hydrogen-bond donors (Lipinski definition) is 0. The molecule has 0 spiro atoms. The first-order chi connectivity index (χ1) is 6.54. The highest BCUT2D eigenvalue weighted by Crippen LogP contribution is 2.05. The van der Waals surface area contributed by atoms with Crippen molar-refractivity contribution in [3.63, 3.8) is 0 Å². The van der Waals surface area contributed by atoms with Gasteiger partial charge in [-0.2, -0.15) is 0 Å². The van der Waals surface area contributed by atoms with E-state index < -0.39 is 11.9 Å². The predicted octanol–water partition coefficient (Wildman–Crippen LogP) is 2.09. The molecule has 0 radical (unpaired) electrons. The molecule has 0 aromatic carbocycles. The summed E-state index contributed by atoms with van der Waals surface area (Å²) in [6, 6.07) is 0. The summed E-state index contributed by atoms with van der Waals surface area (Å²) in [7, 11) is 1.08. The maximum atomic E-state index is 11.0. The molecule has 14 heavy (non-hydrogen) atoms. The maximum Gasteiger partial charge on any atom is 0.316 e. The third-order valence-electron chi connectivity index (χ3n) is 1.47. The molecule has 3 nitrogen and oxygen atoms in total. The Morgan fingerprint density at radius 1 is 1.29 bits per heavy atom. The van der Waals surface area contributed by atoms with E-state index in [4.69, 9.17) is 4.74 Å². The van der Waals surface area contributed by atoms with E-state index in [9.17, 15) is 9.59 Å². The summed E-state index contributed by atoms with van der Waals surface area (Å²) in [5.41, 5.74) is 0. The molecule has 0 N–H and O–H groups in total. The van der Waals surface area contributed by atoms with Gasteiger partial charge in [0, 0.05) is 0 Å². The first-order valence-corrected chi connectivity index (χ1v) is 6.80. The third-order valence-corrected chi connectivity index (χ3v) is 1.47. The molecule has 0 fully saturated rings. The van der Waals surface area contributed by atoms with Crippen LogP contribution in [0.3, 0.4) is 0 Å². The molecule has 0 amide bonds. The molecule has 0 saturated carbocycles. The molecule has 0 aliphatic rings. The Hall–Kier alpha value is -0.430. The largest absolute Gasteiger partial charge is 0.465 e. The molecule has 0 aliphatic heterocycles. The summed E-state index contributed by atoms with van der Waals surface area (Å²) < 4.78 is 4.70. The van der Waals surface area contributed by atoms with Crippen LogP contribution in [0.2, 0.25) is 0 Å². The van der Waals surface area contributed by atoms with Gasteiger partial charge < -0.3 is 4.74 Å². The summed E-state index contributed by atoms with van der Waals surface area (Å²) in [5.74, 6) is -1.08. The van der Waals surface area contributed by atoms with Crippen molar-refractivity contribution >= 4 is 20.3 Å². The van der Waals surface area contributed by atoms with E-state index in [1.54, 1.807) is 13.8 Å². The van der Waals surface area contributed by atoms with Crippen molar-refractivity contribution in [1.82, 2.24) is 0 Å². The van der Waals surface area contributed by atoms with Crippen molar-refractivity contribution in [3.05, 3.63) is 0 Å². The Bertz CT molecular complexity index is 169. The lowest BCUT2D eigenvalue weighted by Crippen LogP contribution is -2.23. The minimum atomic E-state index is -0.560. The van der Waals surface area contributed by atoms with E-state index in [-0.39, 0.29) is 5.78 Å². The molecule has 4 heteroatoms. The van der Waals surface area contributed by atoms with Crippen molar-refractivity contribution in [1.29, 1.82) is 0 Å². The lowest BCUT2D eigenvalue weighted by atomic mass is 10.0. The minimum Gasteiger partial charge on any atom is -0.465 e. The fourth-order valence-corrected chi connectivity index (χ4v) is 0.863. The van der Waals surface area contributed by atoms with Crippen molar-refractivity contribution in [2.45, 2.75) is 27.2 Å². The van der Waals surface area contributed by atoms with E-state index in [1.165, 1.54) is 6.92 Å². The van der Waals surface area contributed by atoms with E-state index in [2.05, 4.69) is 13.3 Å². The Balaban J connectivity index is 0. The summed E-state index contributed by atoms with van der Waals surface area (Å²) in [4.78, 5) is 21.8. The smallest absolute Gasteiger partial charge is 0.316 e. The molecule has 0 aliphatic carbocycles. The van der Waals surface area contributed by atoms with Gasteiger partial charge in [-0.05, 0) is 33.6 Å². The Kier molecular flexibility index (Phi) is 12.2. The molecule has 84 valence electrons. The normalized spacial score (nSPS) is 10.9. The number of carbonyl (C=O) groups excluding carboxylic acids is 2. The van der Waals surface area contributed by atoms with Gasteiger partial charge >= 0.3 is 5.97 Å². The standard InChI is InChI=1S/C8H14O3.C2H7P/c1-4-7(6(3)9)8(10)11-5-2;1-3-2/h7H,4-5H2,1-3H3;3H,1-2H3. The second-order valence-corrected chi connectivity index (χ2v) is 3.82. The summed E-state index contributed by atoms with van der Waals surface area (Å²) >= 11 is 0. The van der Waals surface area contributed by atoms with Crippen LogP contribution in [0.15, 0.2) is 0 Å². The number of carbonyl (C=O) groups is 2. The lowest BCUT2D eigenvalue weighted by Gasteiger charge is -2.08. The van der Waals surface area contributed by atoms with E-state index >= 15 is 0 Å². The third kappa shape index (κ3) is 8.18. The van der Waals surface area contributed by atoms with Crippen molar-refractivity contribution in [3.8, 4) is 0 Å². The quantitative estimate of drug-likeness (QED) is 0.414. The maximum absolute atomic E-state index is 11.0. The van der Waals surface area contributed by atoms with Gasteiger partial charge in [-0.15, -0.1) is 8.58 Å². The van der Waals surface area contributed by atoms with Gasteiger partial charge in [-0.25, -0.2) is 0 Å². The van der Waals surface area contributed by atoms with Gasteiger partial charge in [0.1, 0.15) is 11.7 Å². The number of ketones is 1. The van der Waals surface area contributed by atoms with Crippen molar-refractivity contribution in [2.24, 2.45) is 5.92 Å². The molecule has 0 saturated heterocycles. The molecule has 1 unspecified atom stereocenters. The molecule has 0 bridgehead atoms. The van der Waals surface area contributed by atoms with Gasteiger partial charge in [0.15, 0.2) is 0 Å². The highest BCUT2D eigenvalue weighted by Gasteiger charge is 2.21. The van der Waals surface area contributed by atoms with Crippen LogP contribution < -0.4 is 0 Å². The van der Waals surface area contributed by atoms with Gasteiger partial charge in [-0.3, -0.25) is 9.59 Å². The average molecular weight is 220 g/mol. The second-order valence-electron chi connectivity index (χ2n) is 2.82. The highest BCUT2D eigenvalue weighted by atomic mass is 31.1. The fourth-order valence-electron chi connectivity index (χ4n) is 0.863. The average Bonchev–Trinajstić information content (AvgIpc) is 2.06. The molecule has 1 atom stereocenters. The lowest BCUT2D eigenvalue weighted by molar-refractivity contribution is -0.151. The first-order valence-electron chi connectivity index (χ1n) is 4.80. The predicted molar refractivity (Wildman–Crippen MR) is 61.3 cm³/mol. The highest BCUT2D eigenvalue weighted by molar-refractivity contribution is 7.35. The van der Waals surface area contributed by atoms with E-state index in [1.807, 2.05) is 0 Å². The molecular weight excluding hydrogens is 199 g/mol. The topological polar surface area (TPSA) is 43.4 Å². The van der Waals surface area contributed by atoms with E-state index in [0.717, 1.165) is 8.58 Å². The number of Topliss-reactive ketones (excluding diaryl/α,β-unsaturated/α-hetero) is 1. The zero-order valence-electron chi connectivity index (χ0n) is 9.72.